The molecule has 15 heavy (non-hydrogen) atoms. The van der Waals surface area contributed by atoms with Crippen LogP contribution in [-0.4, -0.2) is 7.11 Å². The molecule has 0 aliphatic heterocycles. The first-order chi connectivity index (χ1) is 6.90. The average molecular weight is 219 g/mol. The third kappa shape index (κ3) is 2.34. The summed E-state index contributed by atoms with van der Waals surface area (Å²) in [6.45, 7) is 1.82. The maximum atomic E-state index is 12.5. The third-order valence-corrected chi connectivity index (χ3v) is 2.15. The number of rotatable bonds is 2. The molecule has 2 N–H and O–H groups in total. The van der Waals surface area contributed by atoms with Gasteiger partial charge in [-0.2, -0.15) is 13.2 Å². The largest absolute Gasteiger partial charge is 0.496 e. The zero-order chi connectivity index (χ0) is 11.6. The summed E-state index contributed by atoms with van der Waals surface area (Å²) in [5, 5.41) is 0. The molecular formula is C10H12F3NO. The molecule has 0 aliphatic carbocycles. The lowest BCUT2D eigenvalue weighted by molar-refractivity contribution is -0.138. The highest BCUT2D eigenvalue weighted by Gasteiger charge is 2.34. The number of alkyl halides is 3. The van der Waals surface area contributed by atoms with E-state index in [-0.39, 0.29) is 11.4 Å². The Morgan fingerprint density at radius 2 is 1.93 bits per heavy atom. The van der Waals surface area contributed by atoms with Crippen LogP contribution >= 0.6 is 0 Å². The van der Waals surface area contributed by atoms with Gasteiger partial charge in [0.05, 0.1) is 12.7 Å². The van der Waals surface area contributed by atoms with Gasteiger partial charge in [0.25, 0.3) is 0 Å². The van der Waals surface area contributed by atoms with Crippen molar-refractivity contribution in [2.75, 3.05) is 12.8 Å². The molecule has 0 aromatic heterocycles. The van der Waals surface area contributed by atoms with Crippen molar-refractivity contribution in [1.29, 1.82) is 0 Å². The number of methoxy groups -OCH3 is 1. The SMILES string of the molecule is CCc1cc(OC)c(C(F)(F)F)cc1N. The fourth-order valence-corrected chi connectivity index (χ4v) is 1.34. The van der Waals surface area contributed by atoms with Crippen LogP contribution in [0.15, 0.2) is 12.1 Å². The van der Waals surface area contributed by atoms with Gasteiger partial charge in [0.1, 0.15) is 5.75 Å². The third-order valence-electron chi connectivity index (χ3n) is 2.15. The topological polar surface area (TPSA) is 35.2 Å². The smallest absolute Gasteiger partial charge is 0.420 e. The zero-order valence-corrected chi connectivity index (χ0v) is 8.48. The molecule has 0 spiro atoms. The number of anilines is 1. The van der Waals surface area contributed by atoms with Crippen LogP contribution in [0.3, 0.4) is 0 Å². The molecule has 0 fully saturated rings. The molecule has 0 amide bonds. The number of nitrogens with two attached hydrogens (primary N) is 1. The van der Waals surface area contributed by atoms with Crippen LogP contribution in [-0.2, 0) is 12.6 Å². The quantitative estimate of drug-likeness (QED) is 0.776. The summed E-state index contributed by atoms with van der Waals surface area (Å²) < 4.78 is 42.2. The normalized spacial score (nSPS) is 11.5. The monoisotopic (exact) mass is 219 g/mol. The van der Waals surface area contributed by atoms with Gasteiger partial charge in [-0.3, -0.25) is 0 Å². The summed E-state index contributed by atoms with van der Waals surface area (Å²) in [6, 6.07) is 2.25. The lowest BCUT2D eigenvalue weighted by Crippen LogP contribution is -2.09. The molecule has 0 radical (unpaired) electrons. The van der Waals surface area contributed by atoms with Gasteiger partial charge in [-0.1, -0.05) is 6.92 Å². The van der Waals surface area contributed by atoms with Crippen molar-refractivity contribution >= 4 is 5.69 Å². The van der Waals surface area contributed by atoms with Crippen LogP contribution in [0.4, 0.5) is 18.9 Å². The van der Waals surface area contributed by atoms with E-state index >= 15 is 0 Å². The van der Waals surface area contributed by atoms with Crippen LogP contribution < -0.4 is 10.5 Å². The first-order valence-corrected chi connectivity index (χ1v) is 4.43. The molecule has 0 heterocycles. The van der Waals surface area contributed by atoms with Crippen LogP contribution in [0.5, 0.6) is 5.75 Å². The van der Waals surface area contributed by atoms with Gasteiger partial charge in [-0.25, -0.2) is 0 Å². The number of hydrogen-bond donors (Lipinski definition) is 1. The fraction of sp³-hybridized carbons (Fsp3) is 0.400. The predicted octanol–water partition coefficient (Wildman–Crippen LogP) is 2.86. The van der Waals surface area contributed by atoms with Gasteiger partial charge in [-0.15, -0.1) is 0 Å². The van der Waals surface area contributed by atoms with Gasteiger partial charge in [0.15, 0.2) is 0 Å². The molecule has 5 heteroatoms. The van der Waals surface area contributed by atoms with Crippen molar-refractivity contribution < 1.29 is 17.9 Å². The van der Waals surface area contributed by atoms with Crippen molar-refractivity contribution in [2.45, 2.75) is 19.5 Å². The highest BCUT2D eigenvalue weighted by atomic mass is 19.4. The Labute approximate surface area is 85.8 Å². The Morgan fingerprint density at radius 1 is 1.33 bits per heavy atom. The van der Waals surface area contributed by atoms with Crippen LogP contribution in [0.1, 0.15) is 18.1 Å². The molecule has 0 bridgehead atoms. The molecule has 0 aliphatic rings. The second-order valence-electron chi connectivity index (χ2n) is 3.10. The van der Waals surface area contributed by atoms with Gasteiger partial charge in [0.2, 0.25) is 0 Å². The van der Waals surface area contributed by atoms with Gasteiger partial charge < -0.3 is 10.5 Å². The Hall–Kier alpha value is -1.39. The first-order valence-electron chi connectivity index (χ1n) is 4.43. The van der Waals surface area contributed by atoms with Crippen molar-refractivity contribution in [3.8, 4) is 5.75 Å². The fourth-order valence-electron chi connectivity index (χ4n) is 1.34. The molecule has 0 saturated carbocycles. The number of halogens is 3. The second kappa shape index (κ2) is 4.00. The summed E-state index contributed by atoms with van der Waals surface area (Å²) >= 11 is 0. The van der Waals surface area contributed by atoms with E-state index in [1.165, 1.54) is 13.2 Å². The minimum absolute atomic E-state index is 0.144. The summed E-state index contributed by atoms with van der Waals surface area (Å²) in [5.74, 6) is -0.187. The van der Waals surface area contributed by atoms with Gasteiger partial charge in [0, 0.05) is 5.69 Å². The number of benzene rings is 1. The first kappa shape index (κ1) is 11.7. The Balaban J connectivity index is 3.34. The summed E-state index contributed by atoms with van der Waals surface area (Å²) in [6.07, 6.45) is -3.87. The minimum atomic E-state index is -4.44. The van der Waals surface area contributed by atoms with Crippen LogP contribution in [0, 0.1) is 0 Å². The Kier molecular flexibility index (Phi) is 3.12. The molecule has 84 valence electrons. The van der Waals surface area contributed by atoms with Crippen molar-refractivity contribution in [1.82, 2.24) is 0 Å². The predicted molar refractivity (Wildman–Crippen MR) is 51.8 cm³/mol. The van der Waals surface area contributed by atoms with E-state index in [0.717, 1.165) is 6.07 Å². The number of ether oxygens (including phenoxy) is 1. The van der Waals surface area contributed by atoms with Crippen molar-refractivity contribution in [2.24, 2.45) is 0 Å². The number of aryl methyl sites for hydroxylation is 1. The highest BCUT2D eigenvalue weighted by Crippen LogP contribution is 2.38. The number of nitrogen functional groups attached to an aromatic ring is 1. The molecule has 0 saturated heterocycles. The lowest BCUT2D eigenvalue weighted by atomic mass is 10.1. The molecule has 0 atom stereocenters. The van der Waals surface area contributed by atoms with Crippen molar-refractivity contribution in [3.05, 3.63) is 23.3 Å². The second-order valence-corrected chi connectivity index (χ2v) is 3.10. The molecular weight excluding hydrogens is 207 g/mol. The molecule has 1 aromatic rings. The van der Waals surface area contributed by atoms with E-state index < -0.39 is 11.7 Å². The average Bonchev–Trinajstić information content (AvgIpc) is 2.16. The zero-order valence-electron chi connectivity index (χ0n) is 8.48. The van der Waals surface area contributed by atoms with E-state index in [1.807, 2.05) is 6.92 Å². The Bertz CT molecular complexity index is 360. The summed E-state index contributed by atoms with van der Waals surface area (Å²) in [7, 11) is 1.21. The van der Waals surface area contributed by atoms with Gasteiger partial charge in [-0.05, 0) is 24.1 Å². The molecule has 0 unspecified atom stereocenters. The maximum Gasteiger partial charge on any atom is 0.420 e. The van der Waals surface area contributed by atoms with E-state index in [9.17, 15) is 13.2 Å². The molecule has 1 rings (SSSR count). The molecule has 2 nitrogen and oxygen atoms in total. The van der Waals surface area contributed by atoms with E-state index in [2.05, 4.69) is 0 Å². The van der Waals surface area contributed by atoms with Crippen LogP contribution in [0.25, 0.3) is 0 Å². The molecule has 1 aromatic carbocycles. The van der Waals surface area contributed by atoms with Crippen molar-refractivity contribution in [3.63, 3.8) is 0 Å². The van der Waals surface area contributed by atoms with Crippen LogP contribution in [0.2, 0.25) is 0 Å². The summed E-state index contributed by atoms with van der Waals surface area (Å²) in [5.41, 5.74) is 5.46. The van der Waals surface area contributed by atoms with E-state index in [4.69, 9.17) is 10.5 Å². The number of hydrogen-bond acceptors (Lipinski definition) is 2. The Morgan fingerprint density at radius 3 is 2.33 bits per heavy atom. The minimum Gasteiger partial charge on any atom is -0.496 e. The maximum absolute atomic E-state index is 12.5. The van der Waals surface area contributed by atoms with Gasteiger partial charge >= 0.3 is 6.18 Å². The summed E-state index contributed by atoms with van der Waals surface area (Å²) in [4.78, 5) is 0. The highest BCUT2D eigenvalue weighted by molar-refractivity contribution is 5.55. The van der Waals surface area contributed by atoms with E-state index in [1.54, 1.807) is 0 Å². The van der Waals surface area contributed by atoms with E-state index in [0.29, 0.717) is 12.0 Å². The standard InChI is InChI=1S/C10H12F3NO/c1-3-6-4-9(15-2)7(5-8(6)14)10(11,12)13/h4-5H,3,14H2,1-2H3. The lowest BCUT2D eigenvalue weighted by Gasteiger charge is -2.14.